The van der Waals surface area contributed by atoms with Gasteiger partial charge in [0.2, 0.25) is 11.8 Å². The van der Waals surface area contributed by atoms with Crippen LogP contribution in [0.5, 0.6) is 5.75 Å². The molecule has 160 valence electrons. The van der Waals surface area contributed by atoms with Crippen LogP contribution in [0.4, 0.5) is 0 Å². The molecule has 0 saturated carbocycles. The monoisotopic (exact) mass is 515 g/mol. The number of hydrogen-bond donors (Lipinski definition) is 3. The standard InChI is InChI=1S/C21H30IN3O4/c1-14(2)11-18-20(27)23-16(13-26)5-3-4-10-29-17-8-6-15(7-9-17)12-19(25-22)21(28)24-18/h6-9,13-14,16,18-19,25H,3-5,10-12H2,1-2H3,(H,23,27)(H,24,28)/t16-,18-,19-/m0/s1. The molecule has 0 unspecified atom stereocenters. The summed E-state index contributed by atoms with van der Waals surface area (Å²) in [6, 6.07) is 5.96. The van der Waals surface area contributed by atoms with Gasteiger partial charge in [-0.05, 0) is 55.7 Å². The van der Waals surface area contributed by atoms with Gasteiger partial charge in [0, 0.05) is 22.9 Å². The Kier molecular flexibility index (Phi) is 9.86. The fourth-order valence-electron chi connectivity index (χ4n) is 3.23. The summed E-state index contributed by atoms with van der Waals surface area (Å²) in [5, 5.41) is 5.65. The van der Waals surface area contributed by atoms with Crippen molar-refractivity contribution in [1.29, 1.82) is 0 Å². The van der Waals surface area contributed by atoms with Gasteiger partial charge in [-0.25, -0.2) is 3.53 Å². The zero-order valence-corrected chi connectivity index (χ0v) is 19.1. The molecule has 8 heteroatoms. The van der Waals surface area contributed by atoms with Crippen LogP contribution in [0.15, 0.2) is 24.3 Å². The molecule has 0 radical (unpaired) electrons. The maximum absolute atomic E-state index is 12.8. The molecule has 0 fully saturated rings. The van der Waals surface area contributed by atoms with E-state index in [0.29, 0.717) is 25.9 Å². The predicted octanol–water partition coefficient (Wildman–Crippen LogP) is 2.31. The quantitative estimate of drug-likeness (QED) is 0.325. The van der Waals surface area contributed by atoms with Gasteiger partial charge in [0.25, 0.3) is 0 Å². The van der Waals surface area contributed by atoms with Crippen molar-refractivity contribution in [3.63, 3.8) is 0 Å². The van der Waals surface area contributed by atoms with Crippen LogP contribution < -0.4 is 18.9 Å². The number of carbonyl (C=O) groups is 3. The summed E-state index contributed by atoms with van der Waals surface area (Å²) < 4.78 is 8.74. The lowest BCUT2D eigenvalue weighted by Gasteiger charge is -2.24. The van der Waals surface area contributed by atoms with E-state index >= 15 is 0 Å². The Balaban J connectivity index is 2.22. The van der Waals surface area contributed by atoms with E-state index in [1.807, 2.05) is 61.0 Å². The molecule has 0 aliphatic carbocycles. The third-order valence-corrected chi connectivity index (χ3v) is 5.57. The van der Waals surface area contributed by atoms with E-state index in [2.05, 4.69) is 14.2 Å². The number of nitrogens with one attached hydrogen (secondary N) is 3. The number of ether oxygens (including phenoxy) is 1. The van der Waals surface area contributed by atoms with Crippen LogP contribution in [0.3, 0.4) is 0 Å². The molecule has 0 saturated heterocycles. The van der Waals surface area contributed by atoms with Crippen molar-refractivity contribution in [3.05, 3.63) is 29.8 Å². The fraction of sp³-hybridized carbons (Fsp3) is 0.571. The second-order valence-electron chi connectivity index (χ2n) is 7.80. The largest absolute Gasteiger partial charge is 0.494 e. The predicted molar refractivity (Wildman–Crippen MR) is 120 cm³/mol. The normalized spacial score (nSPS) is 24.3. The van der Waals surface area contributed by atoms with Gasteiger partial charge in [-0.2, -0.15) is 0 Å². The highest BCUT2D eigenvalue weighted by Gasteiger charge is 2.27. The Morgan fingerprint density at radius 3 is 2.52 bits per heavy atom. The van der Waals surface area contributed by atoms with Crippen molar-refractivity contribution in [2.24, 2.45) is 5.92 Å². The maximum Gasteiger partial charge on any atom is 0.243 e. The van der Waals surface area contributed by atoms with Crippen LogP contribution in [0, 0.1) is 5.92 Å². The fourth-order valence-corrected chi connectivity index (χ4v) is 3.73. The lowest BCUT2D eigenvalue weighted by Crippen LogP contribution is -2.54. The first-order valence-electron chi connectivity index (χ1n) is 10.1. The first-order valence-corrected chi connectivity index (χ1v) is 11.1. The number of amides is 2. The molecule has 3 atom stereocenters. The number of halogens is 1. The van der Waals surface area contributed by atoms with Crippen molar-refractivity contribution in [2.45, 2.75) is 64.1 Å². The summed E-state index contributed by atoms with van der Waals surface area (Å²) in [4.78, 5) is 37.0. The number of carbonyl (C=O) groups excluding carboxylic acids is 3. The second kappa shape index (κ2) is 12.1. The van der Waals surface area contributed by atoms with Crippen LogP contribution in [0.1, 0.15) is 45.1 Å². The summed E-state index contributed by atoms with van der Waals surface area (Å²) in [6.45, 7) is 4.54. The summed E-state index contributed by atoms with van der Waals surface area (Å²) >= 11 is 1.96. The Hall–Kier alpha value is -1.68. The smallest absolute Gasteiger partial charge is 0.243 e. The highest BCUT2D eigenvalue weighted by atomic mass is 127. The zero-order valence-electron chi connectivity index (χ0n) is 16.9. The van der Waals surface area contributed by atoms with Crippen LogP contribution in [-0.4, -0.2) is 42.8 Å². The maximum atomic E-state index is 12.8. The van der Waals surface area contributed by atoms with Crippen LogP contribution in [0.2, 0.25) is 0 Å². The molecule has 1 aromatic carbocycles. The Morgan fingerprint density at radius 2 is 1.90 bits per heavy atom. The summed E-state index contributed by atoms with van der Waals surface area (Å²) in [5.41, 5.74) is 0.997. The minimum Gasteiger partial charge on any atom is -0.494 e. The SMILES string of the molecule is CC(C)C[C@@H]1NC(=O)[C@@H](NI)Cc2ccc(cc2)OCCCC[C@@H](C=O)NC1=O. The van der Waals surface area contributed by atoms with Gasteiger partial charge in [0.1, 0.15) is 18.1 Å². The van der Waals surface area contributed by atoms with Crippen molar-refractivity contribution in [1.82, 2.24) is 14.2 Å². The molecule has 29 heavy (non-hydrogen) atoms. The van der Waals surface area contributed by atoms with Gasteiger partial charge in [0.15, 0.2) is 0 Å². The van der Waals surface area contributed by atoms with E-state index in [9.17, 15) is 14.4 Å². The molecular weight excluding hydrogens is 485 g/mol. The van der Waals surface area contributed by atoms with Crippen molar-refractivity contribution >= 4 is 41.0 Å². The number of hydrogen-bond acceptors (Lipinski definition) is 5. The summed E-state index contributed by atoms with van der Waals surface area (Å²) in [6.07, 6.45) is 3.83. The number of benzene rings is 1. The summed E-state index contributed by atoms with van der Waals surface area (Å²) in [7, 11) is 0. The van der Waals surface area contributed by atoms with Crippen molar-refractivity contribution in [3.8, 4) is 5.75 Å². The minimum atomic E-state index is -0.682. The highest BCUT2D eigenvalue weighted by molar-refractivity contribution is 14.1. The Bertz CT molecular complexity index is 681. The van der Waals surface area contributed by atoms with E-state index in [1.165, 1.54) is 0 Å². The number of fused-ring (bicyclic) bond motifs is 14. The van der Waals surface area contributed by atoms with Crippen molar-refractivity contribution < 1.29 is 19.1 Å². The van der Waals surface area contributed by atoms with Gasteiger partial charge in [-0.3, -0.25) is 9.59 Å². The molecule has 7 nitrogen and oxygen atoms in total. The van der Waals surface area contributed by atoms with Gasteiger partial charge < -0.3 is 20.2 Å². The second-order valence-corrected chi connectivity index (χ2v) is 8.42. The molecule has 3 rings (SSSR count). The first-order chi connectivity index (χ1) is 13.9. The Morgan fingerprint density at radius 1 is 1.17 bits per heavy atom. The lowest BCUT2D eigenvalue weighted by molar-refractivity contribution is -0.131. The topological polar surface area (TPSA) is 96.5 Å². The lowest BCUT2D eigenvalue weighted by atomic mass is 10.0. The first kappa shape index (κ1) is 23.6. The molecule has 3 N–H and O–H groups in total. The van der Waals surface area contributed by atoms with Gasteiger partial charge >= 0.3 is 0 Å². The van der Waals surface area contributed by atoms with Gasteiger partial charge in [-0.15, -0.1) is 0 Å². The average molecular weight is 515 g/mol. The van der Waals surface area contributed by atoms with E-state index in [4.69, 9.17) is 4.74 Å². The van der Waals surface area contributed by atoms with Gasteiger partial charge in [-0.1, -0.05) is 26.0 Å². The van der Waals surface area contributed by atoms with Gasteiger partial charge in [0.05, 0.1) is 18.7 Å². The van der Waals surface area contributed by atoms with Crippen LogP contribution >= 0.6 is 22.9 Å². The van der Waals surface area contributed by atoms with Crippen molar-refractivity contribution in [2.75, 3.05) is 6.61 Å². The third-order valence-electron chi connectivity index (χ3n) is 4.82. The molecule has 2 aliphatic heterocycles. The van der Waals surface area contributed by atoms with Crippen LogP contribution in [0.25, 0.3) is 0 Å². The molecular formula is C21H30IN3O4. The average Bonchev–Trinajstić information content (AvgIpc) is 2.70. The molecule has 2 bridgehead atoms. The molecule has 2 aliphatic rings. The highest BCUT2D eigenvalue weighted by Crippen LogP contribution is 2.15. The number of aldehydes is 1. The third kappa shape index (κ3) is 7.93. The molecule has 2 amide bonds. The zero-order chi connectivity index (χ0) is 21.2. The van der Waals surface area contributed by atoms with E-state index in [-0.39, 0.29) is 17.7 Å². The Labute approximate surface area is 186 Å². The molecule has 2 heterocycles. The minimum absolute atomic E-state index is 0.213. The summed E-state index contributed by atoms with van der Waals surface area (Å²) in [5.74, 6) is 0.428. The number of rotatable bonds is 4. The van der Waals surface area contributed by atoms with E-state index in [1.54, 1.807) is 0 Å². The van der Waals surface area contributed by atoms with E-state index < -0.39 is 18.1 Å². The van der Waals surface area contributed by atoms with Crippen LogP contribution in [-0.2, 0) is 20.8 Å². The molecule has 0 spiro atoms. The molecule has 0 aromatic heterocycles. The molecule has 1 aromatic rings. The van der Waals surface area contributed by atoms with E-state index in [0.717, 1.165) is 30.4 Å².